The average Bonchev–Trinajstić information content (AvgIpc) is 2.81. The molecule has 11 nitrogen and oxygen atoms in total. The Morgan fingerprint density at radius 2 is 0.838 bits per heavy atom. The highest BCUT2D eigenvalue weighted by atomic mass is 16.6. The fourth-order valence-corrected chi connectivity index (χ4v) is 3.12. The summed E-state index contributed by atoms with van der Waals surface area (Å²) in [5.41, 5.74) is -6.17. The Kier molecular flexibility index (Phi) is 11.6. The lowest BCUT2D eigenvalue weighted by molar-refractivity contribution is -0.151. The number of ether oxygens (including phenoxy) is 2. The molecule has 0 bridgehead atoms. The molecule has 4 amide bonds. The van der Waals surface area contributed by atoms with Crippen LogP contribution in [-0.2, 0) is 28.7 Å². The van der Waals surface area contributed by atoms with E-state index in [2.05, 4.69) is 21.3 Å². The Morgan fingerprint density at radius 1 is 0.541 bits per heavy atom. The van der Waals surface area contributed by atoms with E-state index in [0.29, 0.717) is 0 Å². The summed E-state index contributed by atoms with van der Waals surface area (Å²) in [6, 6.07) is 0. The molecule has 0 unspecified atom stereocenters. The molecule has 0 aromatic rings. The van der Waals surface area contributed by atoms with Crippen molar-refractivity contribution < 1.29 is 33.4 Å². The highest BCUT2D eigenvalue weighted by molar-refractivity contribution is 5.99. The number of hydrogen-bond donors (Lipinski definition) is 4. The van der Waals surface area contributed by atoms with Gasteiger partial charge in [-0.25, -0.2) is 9.59 Å². The van der Waals surface area contributed by atoms with E-state index < -0.39 is 57.5 Å². The molecule has 0 spiro atoms. The Morgan fingerprint density at radius 3 is 1.11 bits per heavy atom. The molecule has 0 aliphatic heterocycles. The summed E-state index contributed by atoms with van der Waals surface area (Å²) in [6.45, 7) is 18.2. The molecule has 0 fully saturated rings. The second kappa shape index (κ2) is 12.6. The molecule has 0 rings (SSSR count). The maximum absolute atomic E-state index is 13.5. The monoisotopic (exact) mass is 528 g/mol. The largest absolute Gasteiger partial charge is 0.467 e. The number of amides is 4. The second-order valence-corrected chi connectivity index (χ2v) is 11.2. The average molecular weight is 529 g/mol. The third kappa shape index (κ3) is 8.89. The number of rotatable bonds is 12. The molecular formula is C26H48N4O7. The van der Waals surface area contributed by atoms with Gasteiger partial charge in [0.15, 0.2) is 0 Å². The van der Waals surface area contributed by atoms with E-state index in [-0.39, 0.29) is 25.7 Å². The van der Waals surface area contributed by atoms with E-state index >= 15 is 0 Å². The number of hydrogen-bond acceptors (Lipinski definition) is 7. The smallest absolute Gasteiger partial charge is 0.408 e. The zero-order valence-corrected chi connectivity index (χ0v) is 24.7. The first-order valence-corrected chi connectivity index (χ1v) is 12.8. The first-order chi connectivity index (χ1) is 16.7. The summed E-state index contributed by atoms with van der Waals surface area (Å²) in [4.78, 5) is 64.5. The van der Waals surface area contributed by atoms with Crippen molar-refractivity contribution in [3.8, 4) is 0 Å². The minimum atomic E-state index is -1.41. The maximum Gasteiger partial charge on any atom is 0.408 e. The molecule has 0 aliphatic rings. The topological polar surface area (TPSA) is 152 Å². The van der Waals surface area contributed by atoms with E-state index in [4.69, 9.17) is 9.47 Å². The van der Waals surface area contributed by atoms with Crippen LogP contribution in [0.5, 0.6) is 0 Å². The van der Waals surface area contributed by atoms with Gasteiger partial charge in [0.2, 0.25) is 17.7 Å². The van der Waals surface area contributed by atoms with Crippen molar-refractivity contribution >= 4 is 29.8 Å². The third-order valence-electron chi connectivity index (χ3n) is 6.91. The van der Waals surface area contributed by atoms with Crippen LogP contribution in [0.2, 0.25) is 0 Å². The van der Waals surface area contributed by atoms with Crippen LogP contribution in [0.1, 0.15) is 102 Å². The summed E-state index contributed by atoms with van der Waals surface area (Å²) in [5.74, 6) is -2.33. The quantitative estimate of drug-likeness (QED) is 0.284. The van der Waals surface area contributed by atoms with Crippen LogP contribution >= 0.6 is 0 Å². The number of esters is 1. The van der Waals surface area contributed by atoms with E-state index in [9.17, 15) is 24.0 Å². The molecule has 214 valence electrons. The fourth-order valence-electron chi connectivity index (χ4n) is 3.12. The van der Waals surface area contributed by atoms with Gasteiger partial charge in [-0.15, -0.1) is 0 Å². The maximum atomic E-state index is 13.5. The van der Waals surface area contributed by atoms with E-state index in [1.807, 2.05) is 0 Å². The van der Waals surface area contributed by atoms with Crippen LogP contribution in [0, 0.1) is 0 Å². The fraction of sp³-hybridized carbons (Fsp3) is 0.808. The van der Waals surface area contributed by atoms with Crippen molar-refractivity contribution in [2.45, 2.75) is 130 Å². The van der Waals surface area contributed by atoms with E-state index in [0.717, 1.165) is 0 Å². The zero-order valence-electron chi connectivity index (χ0n) is 24.7. The molecule has 0 aliphatic carbocycles. The van der Waals surface area contributed by atoms with Gasteiger partial charge in [0.05, 0.1) is 7.11 Å². The Hall–Kier alpha value is -2.85. The minimum Gasteiger partial charge on any atom is -0.467 e. The van der Waals surface area contributed by atoms with E-state index in [1.54, 1.807) is 76.2 Å². The molecule has 0 heterocycles. The van der Waals surface area contributed by atoms with Gasteiger partial charge in [0, 0.05) is 0 Å². The number of nitrogens with one attached hydrogen (secondary N) is 4. The molecule has 4 atom stereocenters. The van der Waals surface area contributed by atoms with Crippen LogP contribution < -0.4 is 21.3 Å². The molecule has 0 aromatic heterocycles. The van der Waals surface area contributed by atoms with Crippen LogP contribution in [0.15, 0.2) is 0 Å². The lowest BCUT2D eigenvalue weighted by atomic mass is 9.89. The standard InChI is InChI=1S/C26H48N4O7/c1-13-23(8,28-19(33)25(10,15-3)30-21(35)37-22(5,6)7)17(31)27-24(9,14-2)18(32)29-26(11,16-4)20(34)36-12/h13-16H2,1-12H3,(H,27,31)(H,28,33)(H,29,32)(H,30,35)/t23-,24-,25-,26-/m0/s1. The highest BCUT2D eigenvalue weighted by Crippen LogP contribution is 2.21. The minimum absolute atomic E-state index is 0.201. The molecule has 0 radical (unpaired) electrons. The second-order valence-electron chi connectivity index (χ2n) is 11.2. The highest BCUT2D eigenvalue weighted by Gasteiger charge is 2.45. The van der Waals surface area contributed by atoms with Gasteiger partial charge < -0.3 is 30.7 Å². The number of methoxy groups -OCH3 is 1. The third-order valence-corrected chi connectivity index (χ3v) is 6.91. The van der Waals surface area contributed by atoms with Gasteiger partial charge in [-0.1, -0.05) is 27.7 Å². The molecule has 0 aromatic carbocycles. The van der Waals surface area contributed by atoms with Gasteiger partial charge in [0.25, 0.3) is 0 Å². The van der Waals surface area contributed by atoms with Crippen LogP contribution in [-0.4, -0.2) is 64.7 Å². The summed E-state index contributed by atoms with van der Waals surface area (Å²) < 4.78 is 10.1. The van der Waals surface area contributed by atoms with Crippen molar-refractivity contribution in [3.63, 3.8) is 0 Å². The predicted octanol–water partition coefficient (Wildman–Crippen LogP) is 2.71. The molecule has 0 saturated carbocycles. The van der Waals surface area contributed by atoms with Crippen molar-refractivity contribution in [2.24, 2.45) is 0 Å². The summed E-state index contributed by atoms with van der Waals surface area (Å²) >= 11 is 0. The molecule has 37 heavy (non-hydrogen) atoms. The predicted molar refractivity (Wildman–Crippen MR) is 141 cm³/mol. The van der Waals surface area contributed by atoms with Crippen LogP contribution in [0.3, 0.4) is 0 Å². The van der Waals surface area contributed by atoms with Crippen molar-refractivity contribution in [2.75, 3.05) is 7.11 Å². The summed E-state index contributed by atoms with van der Waals surface area (Å²) in [5, 5.41) is 10.8. The molecule has 0 saturated heterocycles. The molecule has 11 heteroatoms. The van der Waals surface area contributed by atoms with E-state index in [1.165, 1.54) is 7.11 Å². The normalized spacial score (nSPS) is 17.9. The molecular weight excluding hydrogens is 480 g/mol. The SMILES string of the molecule is CC[C@](C)(NC(=O)OC(C)(C)C)C(=O)N[C@@](C)(CC)C(=O)N[C@@](C)(CC)C(=O)N[C@@](C)(CC)C(=O)OC. The van der Waals surface area contributed by atoms with Gasteiger partial charge >= 0.3 is 12.1 Å². The van der Waals surface area contributed by atoms with Crippen LogP contribution in [0.25, 0.3) is 0 Å². The summed E-state index contributed by atoms with van der Waals surface area (Å²) in [6.07, 6.45) is 0.174. The molecule has 4 N–H and O–H groups in total. The lowest BCUT2D eigenvalue weighted by Gasteiger charge is -2.39. The van der Waals surface area contributed by atoms with Gasteiger partial charge in [-0.3, -0.25) is 14.4 Å². The van der Waals surface area contributed by atoms with Gasteiger partial charge in [-0.05, 0) is 74.1 Å². The van der Waals surface area contributed by atoms with Crippen molar-refractivity contribution in [1.29, 1.82) is 0 Å². The Bertz CT molecular complexity index is 871. The zero-order chi connectivity index (χ0) is 29.5. The van der Waals surface area contributed by atoms with Gasteiger partial charge in [0.1, 0.15) is 27.8 Å². The summed E-state index contributed by atoms with van der Waals surface area (Å²) in [7, 11) is 1.24. The number of carbonyl (C=O) groups is 5. The van der Waals surface area contributed by atoms with Crippen molar-refractivity contribution in [1.82, 2.24) is 21.3 Å². The lowest BCUT2D eigenvalue weighted by Crippen LogP contribution is -2.69. The first-order valence-electron chi connectivity index (χ1n) is 12.8. The van der Waals surface area contributed by atoms with Gasteiger partial charge in [-0.2, -0.15) is 0 Å². The number of alkyl carbamates (subject to hydrolysis) is 1. The Labute approximate surface area is 221 Å². The first kappa shape index (κ1) is 34.1. The Balaban J connectivity index is 5.83. The number of carbonyl (C=O) groups excluding carboxylic acids is 5. The van der Waals surface area contributed by atoms with Crippen LogP contribution in [0.4, 0.5) is 4.79 Å². The van der Waals surface area contributed by atoms with Crippen molar-refractivity contribution in [3.05, 3.63) is 0 Å².